The first kappa shape index (κ1) is 27.4. The van der Waals surface area contributed by atoms with E-state index in [0.717, 1.165) is 22.4 Å². The lowest BCUT2D eigenvalue weighted by Crippen LogP contribution is -2.35. The van der Waals surface area contributed by atoms with Gasteiger partial charge in [0.05, 0.1) is 58.5 Å². The van der Waals surface area contributed by atoms with Gasteiger partial charge in [0.2, 0.25) is 11.8 Å². The van der Waals surface area contributed by atoms with Crippen LogP contribution in [-0.2, 0) is 35.1 Å². The lowest BCUT2D eigenvalue weighted by atomic mass is 10.0. The van der Waals surface area contributed by atoms with Gasteiger partial charge in [0.15, 0.2) is 0 Å². The van der Waals surface area contributed by atoms with E-state index in [2.05, 4.69) is 17.2 Å². The molecule has 0 spiro atoms. The second-order valence-electron chi connectivity index (χ2n) is 8.08. The lowest BCUT2D eigenvalue weighted by Gasteiger charge is -2.26. The Hall–Kier alpha value is -3.22. The van der Waals surface area contributed by atoms with E-state index >= 15 is 0 Å². The zero-order chi connectivity index (χ0) is 25.4. The largest absolute Gasteiger partial charge is 0.382 e. The molecule has 0 bridgehead atoms. The van der Waals surface area contributed by atoms with E-state index in [0.29, 0.717) is 52.8 Å². The number of benzene rings is 2. The number of para-hydroxylation sites is 1. The fourth-order valence-corrected chi connectivity index (χ4v) is 3.59. The van der Waals surface area contributed by atoms with Crippen LogP contribution in [-0.4, -0.2) is 71.7 Å². The SMILES string of the molecule is COCCOCCOCCOCCC(=O)NCCC(=O)N1Cc2ccccc2C#Cc2ccccc21. The number of nitrogens with zero attached hydrogens (tertiary/aromatic N) is 1. The van der Waals surface area contributed by atoms with Crippen molar-refractivity contribution in [2.45, 2.75) is 19.4 Å². The maximum atomic E-state index is 13.1. The molecule has 0 unspecified atom stereocenters. The molecule has 2 aromatic carbocycles. The van der Waals surface area contributed by atoms with E-state index in [4.69, 9.17) is 18.9 Å². The monoisotopic (exact) mass is 494 g/mol. The highest BCUT2D eigenvalue weighted by molar-refractivity contribution is 5.95. The molecule has 1 aliphatic heterocycles. The number of carbonyl (C=O) groups is 2. The fraction of sp³-hybridized carbons (Fsp3) is 0.429. The minimum absolute atomic E-state index is 0.0687. The Morgan fingerprint density at radius 2 is 1.42 bits per heavy atom. The van der Waals surface area contributed by atoms with Crippen molar-refractivity contribution >= 4 is 17.5 Å². The van der Waals surface area contributed by atoms with Gasteiger partial charge in [-0.15, -0.1) is 0 Å². The predicted molar refractivity (Wildman–Crippen MR) is 137 cm³/mol. The van der Waals surface area contributed by atoms with Gasteiger partial charge >= 0.3 is 0 Å². The number of ether oxygens (including phenoxy) is 4. The predicted octanol–water partition coefficient (Wildman–Crippen LogP) is 2.53. The molecule has 36 heavy (non-hydrogen) atoms. The molecule has 0 atom stereocenters. The number of hydrogen-bond donors (Lipinski definition) is 1. The van der Waals surface area contributed by atoms with Crippen LogP contribution in [0.2, 0.25) is 0 Å². The summed E-state index contributed by atoms with van der Waals surface area (Å²) in [5, 5.41) is 2.81. The number of hydrogen-bond acceptors (Lipinski definition) is 6. The molecule has 1 N–H and O–H groups in total. The number of carbonyl (C=O) groups excluding carboxylic acids is 2. The molecule has 0 saturated carbocycles. The van der Waals surface area contributed by atoms with E-state index in [9.17, 15) is 9.59 Å². The summed E-state index contributed by atoms with van der Waals surface area (Å²) < 4.78 is 21.0. The molecule has 8 heteroatoms. The van der Waals surface area contributed by atoms with Gasteiger partial charge in [-0.05, 0) is 23.8 Å². The van der Waals surface area contributed by atoms with Crippen molar-refractivity contribution in [1.82, 2.24) is 5.32 Å². The summed E-state index contributed by atoms with van der Waals surface area (Å²) in [6, 6.07) is 15.5. The van der Waals surface area contributed by atoms with Crippen molar-refractivity contribution < 1.29 is 28.5 Å². The van der Waals surface area contributed by atoms with Crippen molar-refractivity contribution in [3.63, 3.8) is 0 Å². The lowest BCUT2D eigenvalue weighted by molar-refractivity contribution is -0.122. The Kier molecular flexibility index (Phi) is 11.9. The van der Waals surface area contributed by atoms with Crippen LogP contribution < -0.4 is 10.2 Å². The Balaban J connectivity index is 1.35. The van der Waals surface area contributed by atoms with Crippen LogP contribution >= 0.6 is 0 Å². The van der Waals surface area contributed by atoms with Crippen LogP contribution in [0.15, 0.2) is 48.5 Å². The van der Waals surface area contributed by atoms with Gasteiger partial charge in [-0.3, -0.25) is 9.59 Å². The summed E-state index contributed by atoms with van der Waals surface area (Å²) in [5.41, 5.74) is 3.51. The number of nitrogens with one attached hydrogen (secondary N) is 1. The third-order valence-electron chi connectivity index (χ3n) is 5.48. The van der Waals surface area contributed by atoms with Crippen LogP contribution in [0.4, 0.5) is 5.69 Å². The van der Waals surface area contributed by atoms with Gasteiger partial charge < -0.3 is 29.2 Å². The van der Waals surface area contributed by atoms with Crippen LogP contribution in [0.5, 0.6) is 0 Å². The third kappa shape index (κ3) is 9.10. The highest BCUT2D eigenvalue weighted by Crippen LogP contribution is 2.25. The maximum absolute atomic E-state index is 13.1. The first-order chi connectivity index (χ1) is 17.7. The van der Waals surface area contributed by atoms with Gasteiger partial charge in [-0.1, -0.05) is 42.2 Å². The summed E-state index contributed by atoms with van der Waals surface area (Å²) in [6.07, 6.45) is 0.417. The minimum atomic E-state index is -0.153. The highest BCUT2D eigenvalue weighted by Gasteiger charge is 2.21. The van der Waals surface area contributed by atoms with Crippen molar-refractivity contribution in [1.29, 1.82) is 0 Å². The highest BCUT2D eigenvalue weighted by atomic mass is 16.6. The summed E-state index contributed by atoms with van der Waals surface area (Å²) in [4.78, 5) is 27.0. The van der Waals surface area contributed by atoms with Gasteiger partial charge in [0.1, 0.15) is 0 Å². The third-order valence-corrected chi connectivity index (χ3v) is 5.48. The second-order valence-corrected chi connectivity index (χ2v) is 8.08. The van der Waals surface area contributed by atoms with Crippen LogP contribution in [0.1, 0.15) is 29.5 Å². The molecule has 1 heterocycles. The van der Waals surface area contributed by atoms with Gasteiger partial charge in [0.25, 0.3) is 0 Å². The van der Waals surface area contributed by atoms with Gasteiger partial charge in [-0.25, -0.2) is 0 Å². The molecule has 0 aliphatic carbocycles. The molecule has 192 valence electrons. The first-order valence-corrected chi connectivity index (χ1v) is 12.2. The molecular formula is C28H34N2O6. The second kappa shape index (κ2) is 15.7. The molecular weight excluding hydrogens is 460 g/mol. The van der Waals surface area contributed by atoms with Crippen molar-refractivity contribution in [3.05, 3.63) is 65.2 Å². The molecule has 3 rings (SSSR count). The van der Waals surface area contributed by atoms with Crippen molar-refractivity contribution in [2.24, 2.45) is 0 Å². The molecule has 0 fully saturated rings. The van der Waals surface area contributed by atoms with Crippen molar-refractivity contribution in [2.75, 3.05) is 64.8 Å². The van der Waals surface area contributed by atoms with Crippen LogP contribution in [0.25, 0.3) is 0 Å². The Morgan fingerprint density at radius 1 is 0.806 bits per heavy atom. The summed E-state index contributed by atoms with van der Waals surface area (Å²) in [6.45, 7) is 3.94. The standard InChI is InChI=1S/C28H34N2O6/c1-33-16-17-35-20-21-36-19-18-34-15-13-27(31)29-14-12-28(32)30-22-25-8-3-2-6-23(25)10-11-24-7-4-5-9-26(24)30/h2-9H,12-22H2,1H3,(H,29,31). The van der Waals surface area contributed by atoms with E-state index in [1.165, 1.54) is 0 Å². The Bertz CT molecular complexity index is 1050. The number of rotatable bonds is 15. The minimum Gasteiger partial charge on any atom is -0.382 e. The Morgan fingerprint density at radius 3 is 2.17 bits per heavy atom. The molecule has 2 aromatic rings. The molecule has 1 aliphatic rings. The topological polar surface area (TPSA) is 86.3 Å². The number of amides is 2. The van der Waals surface area contributed by atoms with Gasteiger partial charge in [0, 0.05) is 37.6 Å². The maximum Gasteiger partial charge on any atom is 0.229 e. The summed E-state index contributed by atoms with van der Waals surface area (Å²) in [5.74, 6) is 6.18. The van der Waals surface area contributed by atoms with E-state index in [1.807, 2.05) is 48.5 Å². The van der Waals surface area contributed by atoms with E-state index < -0.39 is 0 Å². The molecule has 0 aromatic heterocycles. The quantitative estimate of drug-likeness (QED) is 0.303. The van der Waals surface area contributed by atoms with Crippen LogP contribution in [0.3, 0.4) is 0 Å². The smallest absolute Gasteiger partial charge is 0.229 e. The number of methoxy groups -OCH3 is 1. The molecule has 0 saturated heterocycles. The fourth-order valence-electron chi connectivity index (χ4n) is 3.59. The van der Waals surface area contributed by atoms with Gasteiger partial charge in [-0.2, -0.15) is 0 Å². The Labute approximate surface area is 212 Å². The normalized spacial score (nSPS) is 12.0. The number of fused-ring (bicyclic) bond motifs is 2. The summed E-state index contributed by atoms with van der Waals surface area (Å²) >= 11 is 0. The van der Waals surface area contributed by atoms with E-state index in [1.54, 1.807) is 12.0 Å². The average Bonchev–Trinajstić information content (AvgIpc) is 2.88. The zero-order valence-corrected chi connectivity index (χ0v) is 20.8. The molecule has 0 radical (unpaired) electrons. The van der Waals surface area contributed by atoms with E-state index in [-0.39, 0.29) is 31.2 Å². The molecule has 8 nitrogen and oxygen atoms in total. The zero-order valence-electron chi connectivity index (χ0n) is 20.8. The van der Waals surface area contributed by atoms with Crippen molar-refractivity contribution in [3.8, 4) is 11.8 Å². The summed E-state index contributed by atoms with van der Waals surface area (Å²) in [7, 11) is 1.63. The number of anilines is 1. The van der Waals surface area contributed by atoms with Crippen LogP contribution in [0, 0.1) is 11.8 Å². The molecule has 2 amide bonds. The average molecular weight is 495 g/mol. The first-order valence-electron chi connectivity index (χ1n) is 12.2.